The number of benzene rings is 2. The van der Waals surface area contributed by atoms with Crippen molar-refractivity contribution >= 4 is 10.0 Å². The lowest BCUT2D eigenvalue weighted by Gasteiger charge is -2.34. The van der Waals surface area contributed by atoms with Crippen LogP contribution in [0.25, 0.3) is 0 Å². The Balaban J connectivity index is 1.75. The highest BCUT2D eigenvalue weighted by Crippen LogP contribution is 2.36. The zero-order chi connectivity index (χ0) is 17.9. The van der Waals surface area contributed by atoms with Crippen LogP contribution in [0.4, 0.5) is 0 Å². The van der Waals surface area contributed by atoms with Crippen LogP contribution in [0.5, 0.6) is 5.75 Å². The number of nitrogens with one attached hydrogen (secondary N) is 1. The van der Waals surface area contributed by atoms with Crippen LogP contribution in [0.1, 0.15) is 29.5 Å². The number of hydrogen-bond donors (Lipinski definition) is 2. The molecule has 0 aromatic heterocycles. The van der Waals surface area contributed by atoms with E-state index < -0.39 is 15.6 Å². The molecule has 0 aliphatic heterocycles. The summed E-state index contributed by atoms with van der Waals surface area (Å²) in [5.74, 6) is 0.645. The van der Waals surface area contributed by atoms with Gasteiger partial charge in [-0.15, -0.1) is 0 Å². The van der Waals surface area contributed by atoms with E-state index >= 15 is 0 Å². The molecule has 2 aromatic carbocycles. The van der Waals surface area contributed by atoms with Gasteiger partial charge in [0.05, 0.1) is 12.9 Å². The molecule has 2 aromatic rings. The topological polar surface area (TPSA) is 75.6 Å². The number of fused-ring (bicyclic) bond motifs is 1. The lowest BCUT2D eigenvalue weighted by Crippen LogP contribution is -2.43. The number of hydrogen-bond acceptors (Lipinski definition) is 4. The molecule has 0 heterocycles. The van der Waals surface area contributed by atoms with Crippen molar-refractivity contribution in [3.8, 4) is 5.75 Å². The fourth-order valence-corrected chi connectivity index (χ4v) is 4.51. The molecule has 1 atom stereocenters. The summed E-state index contributed by atoms with van der Waals surface area (Å²) in [6.45, 7) is -0.0263. The van der Waals surface area contributed by atoms with Gasteiger partial charge < -0.3 is 9.84 Å². The zero-order valence-electron chi connectivity index (χ0n) is 14.2. The average Bonchev–Trinajstić information content (AvgIpc) is 2.61. The van der Waals surface area contributed by atoms with Crippen molar-refractivity contribution in [1.29, 1.82) is 0 Å². The van der Waals surface area contributed by atoms with Crippen molar-refractivity contribution in [3.63, 3.8) is 0 Å². The minimum Gasteiger partial charge on any atom is -0.497 e. The summed E-state index contributed by atoms with van der Waals surface area (Å²) >= 11 is 0. The summed E-state index contributed by atoms with van der Waals surface area (Å²) in [7, 11) is -1.92. The molecule has 0 saturated heterocycles. The van der Waals surface area contributed by atoms with E-state index in [1.165, 1.54) is 0 Å². The summed E-state index contributed by atoms with van der Waals surface area (Å²) in [5.41, 5.74) is 1.32. The number of aryl methyl sites for hydroxylation is 1. The fourth-order valence-electron chi connectivity index (χ4n) is 3.32. The zero-order valence-corrected chi connectivity index (χ0v) is 15.1. The second-order valence-electron chi connectivity index (χ2n) is 6.47. The van der Waals surface area contributed by atoms with Gasteiger partial charge in [0.15, 0.2) is 0 Å². The van der Waals surface area contributed by atoms with Crippen molar-refractivity contribution < 1.29 is 18.3 Å². The Morgan fingerprint density at radius 1 is 1.20 bits per heavy atom. The van der Waals surface area contributed by atoms with Crippen LogP contribution in [-0.4, -0.2) is 27.2 Å². The van der Waals surface area contributed by atoms with Crippen LogP contribution in [0.2, 0.25) is 0 Å². The first-order valence-electron chi connectivity index (χ1n) is 8.33. The maximum atomic E-state index is 12.4. The predicted molar refractivity (Wildman–Crippen MR) is 96.9 cm³/mol. The minimum atomic E-state index is -3.52. The van der Waals surface area contributed by atoms with Gasteiger partial charge in [-0.05, 0) is 48.1 Å². The van der Waals surface area contributed by atoms with Crippen LogP contribution in [0, 0.1) is 0 Å². The Kier molecular flexibility index (Phi) is 5.13. The first-order valence-corrected chi connectivity index (χ1v) is 9.98. The van der Waals surface area contributed by atoms with Gasteiger partial charge in [-0.2, -0.15) is 0 Å². The molecular formula is C19H23NO4S. The van der Waals surface area contributed by atoms with Crippen LogP contribution in [0.3, 0.4) is 0 Å². The van der Waals surface area contributed by atoms with Gasteiger partial charge in [0.1, 0.15) is 11.4 Å². The molecule has 25 heavy (non-hydrogen) atoms. The first kappa shape index (κ1) is 17.9. The van der Waals surface area contributed by atoms with E-state index in [4.69, 9.17) is 4.74 Å². The monoisotopic (exact) mass is 361 g/mol. The molecule has 0 saturated carbocycles. The van der Waals surface area contributed by atoms with Gasteiger partial charge in [-0.25, -0.2) is 13.1 Å². The van der Waals surface area contributed by atoms with E-state index in [0.717, 1.165) is 35.3 Å². The van der Waals surface area contributed by atoms with Crippen molar-refractivity contribution in [2.75, 3.05) is 13.7 Å². The Hall–Kier alpha value is -1.89. The number of rotatable bonds is 6. The minimum absolute atomic E-state index is 0.0263. The Labute approximate surface area is 148 Å². The average molecular weight is 361 g/mol. The number of methoxy groups -OCH3 is 1. The lowest BCUT2D eigenvalue weighted by molar-refractivity contribution is 0.0242. The van der Waals surface area contributed by atoms with E-state index in [-0.39, 0.29) is 12.3 Å². The van der Waals surface area contributed by atoms with Gasteiger partial charge >= 0.3 is 0 Å². The largest absolute Gasteiger partial charge is 0.497 e. The van der Waals surface area contributed by atoms with E-state index in [9.17, 15) is 13.5 Å². The highest BCUT2D eigenvalue weighted by Gasteiger charge is 2.35. The Morgan fingerprint density at radius 3 is 2.68 bits per heavy atom. The third-order valence-electron chi connectivity index (χ3n) is 4.63. The SMILES string of the molecule is COc1ccc2c(c1)CCCC2(O)CNS(=O)(=O)Cc1ccccc1. The molecule has 0 spiro atoms. The Morgan fingerprint density at radius 2 is 1.96 bits per heavy atom. The van der Waals surface area contributed by atoms with E-state index in [1.807, 2.05) is 30.3 Å². The number of ether oxygens (including phenoxy) is 1. The quantitative estimate of drug-likeness (QED) is 0.828. The maximum absolute atomic E-state index is 12.4. The van der Waals surface area contributed by atoms with Gasteiger partial charge in [0.2, 0.25) is 10.0 Å². The van der Waals surface area contributed by atoms with Crippen molar-refractivity contribution in [1.82, 2.24) is 4.72 Å². The summed E-state index contributed by atoms with van der Waals surface area (Å²) in [6, 6.07) is 14.6. The van der Waals surface area contributed by atoms with Gasteiger partial charge in [-0.1, -0.05) is 36.4 Å². The molecule has 5 nitrogen and oxygen atoms in total. The van der Waals surface area contributed by atoms with Crippen LogP contribution >= 0.6 is 0 Å². The first-order chi connectivity index (χ1) is 11.9. The molecule has 1 aliphatic carbocycles. The molecule has 1 unspecified atom stereocenters. The van der Waals surface area contributed by atoms with Crippen LogP contribution < -0.4 is 9.46 Å². The molecule has 6 heteroatoms. The molecule has 0 radical (unpaired) electrons. The van der Waals surface area contributed by atoms with Gasteiger partial charge in [0, 0.05) is 6.54 Å². The summed E-state index contributed by atoms with van der Waals surface area (Å²) in [5, 5.41) is 11.0. The molecule has 0 amide bonds. The third kappa shape index (κ3) is 4.21. The smallest absolute Gasteiger partial charge is 0.215 e. The molecule has 0 bridgehead atoms. The summed E-state index contributed by atoms with van der Waals surface area (Å²) in [4.78, 5) is 0. The van der Waals surface area contributed by atoms with Crippen LogP contribution in [-0.2, 0) is 27.8 Å². The highest BCUT2D eigenvalue weighted by atomic mass is 32.2. The molecule has 1 aliphatic rings. The standard InChI is InChI=1S/C19H23NO4S/c1-24-17-9-10-18-16(12-17)8-5-11-19(18,21)14-20-25(22,23)13-15-6-3-2-4-7-15/h2-4,6-7,9-10,12,20-21H,5,8,11,13-14H2,1H3. The fraction of sp³-hybridized carbons (Fsp3) is 0.368. The van der Waals surface area contributed by atoms with E-state index in [1.54, 1.807) is 25.3 Å². The van der Waals surface area contributed by atoms with Crippen molar-refractivity contribution in [2.24, 2.45) is 0 Å². The molecular weight excluding hydrogens is 338 g/mol. The predicted octanol–water partition coefficient (Wildman–Crippen LogP) is 2.34. The lowest BCUT2D eigenvalue weighted by atomic mass is 9.79. The molecule has 0 fully saturated rings. The summed E-state index contributed by atoms with van der Waals surface area (Å²) < 4.78 is 32.5. The maximum Gasteiger partial charge on any atom is 0.215 e. The number of sulfonamides is 1. The van der Waals surface area contributed by atoms with E-state index in [0.29, 0.717) is 6.42 Å². The second-order valence-corrected chi connectivity index (χ2v) is 8.28. The highest BCUT2D eigenvalue weighted by molar-refractivity contribution is 7.88. The molecule has 2 N–H and O–H groups in total. The van der Waals surface area contributed by atoms with E-state index in [2.05, 4.69) is 4.72 Å². The number of aliphatic hydroxyl groups is 1. The Bertz CT molecular complexity index is 836. The molecule has 3 rings (SSSR count). The van der Waals surface area contributed by atoms with Gasteiger partial charge in [-0.3, -0.25) is 0 Å². The van der Waals surface area contributed by atoms with Crippen molar-refractivity contribution in [3.05, 3.63) is 65.2 Å². The second kappa shape index (κ2) is 7.15. The molecule has 134 valence electrons. The van der Waals surface area contributed by atoms with Crippen molar-refractivity contribution in [2.45, 2.75) is 30.6 Å². The summed E-state index contributed by atoms with van der Waals surface area (Å²) in [6.07, 6.45) is 2.18. The normalized spacial score (nSPS) is 20.1. The van der Waals surface area contributed by atoms with Crippen LogP contribution in [0.15, 0.2) is 48.5 Å². The van der Waals surface area contributed by atoms with Gasteiger partial charge in [0.25, 0.3) is 0 Å². The third-order valence-corrected chi connectivity index (χ3v) is 5.93.